The van der Waals surface area contributed by atoms with Crippen molar-refractivity contribution in [1.82, 2.24) is 10.6 Å². The Morgan fingerprint density at radius 3 is 2.38 bits per heavy atom. The molecule has 0 fully saturated rings. The van der Waals surface area contributed by atoms with Crippen LogP contribution in [0.25, 0.3) is 0 Å². The lowest BCUT2D eigenvalue weighted by Gasteiger charge is -2.14. The summed E-state index contributed by atoms with van der Waals surface area (Å²) < 4.78 is 5.26. The maximum atomic E-state index is 11.5. The second-order valence-electron chi connectivity index (χ2n) is 4.95. The van der Waals surface area contributed by atoms with Gasteiger partial charge >= 0.3 is 5.97 Å². The highest BCUT2D eigenvalue weighted by molar-refractivity contribution is 5.94. The Morgan fingerprint density at radius 1 is 1.29 bits per heavy atom. The van der Waals surface area contributed by atoms with Crippen LogP contribution >= 0.6 is 0 Å². The molecule has 0 aromatic heterocycles. The fourth-order valence-corrected chi connectivity index (χ4v) is 1.39. The number of ether oxygens (including phenoxy) is 1. The van der Waals surface area contributed by atoms with E-state index in [2.05, 4.69) is 17.2 Å². The fraction of sp³-hybridized carbons (Fsp3) is 0.643. The van der Waals surface area contributed by atoms with Crippen molar-refractivity contribution in [3.63, 3.8) is 0 Å². The molecule has 0 aliphatic carbocycles. The number of hydrogen-bond acceptors (Lipinski definition) is 4. The molecule has 7 nitrogen and oxygen atoms in total. The molecular weight excluding hydrogens is 276 g/mol. The van der Waals surface area contributed by atoms with Crippen LogP contribution in [0.2, 0.25) is 0 Å². The molecule has 0 saturated heterocycles. The largest absolute Gasteiger partial charge is 0.480 e. The Balaban J connectivity index is 4.07. The van der Waals surface area contributed by atoms with E-state index in [0.717, 1.165) is 0 Å². The van der Waals surface area contributed by atoms with Crippen LogP contribution in [-0.4, -0.2) is 48.2 Å². The summed E-state index contributed by atoms with van der Waals surface area (Å²) in [6.45, 7) is 9.46. The first-order valence-corrected chi connectivity index (χ1v) is 6.81. The van der Waals surface area contributed by atoms with Crippen molar-refractivity contribution >= 4 is 17.8 Å². The van der Waals surface area contributed by atoms with Gasteiger partial charge in [-0.2, -0.15) is 0 Å². The number of amides is 2. The lowest BCUT2D eigenvalue weighted by molar-refractivity contribution is -0.141. The molecule has 3 N–H and O–H groups in total. The van der Waals surface area contributed by atoms with Gasteiger partial charge in [-0.3, -0.25) is 9.59 Å². The van der Waals surface area contributed by atoms with Crippen molar-refractivity contribution in [3.8, 4) is 0 Å². The van der Waals surface area contributed by atoms with Crippen molar-refractivity contribution in [2.24, 2.45) is 0 Å². The number of nitrogens with one attached hydrogen (secondary N) is 2. The molecule has 0 spiro atoms. The van der Waals surface area contributed by atoms with Crippen LogP contribution in [-0.2, 0) is 19.1 Å². The van der Waals surface area contributed by atoms with Gasteiger partial charge in [-0.15, -0.1) is 0 Å². The zero-order valence-corrected chi connectivity index (χ0v) is 12.8. The molecule has 0 aliphatic heterocycles. The molecule has 2 amide bonds. The Morgan fingerprint density at radius 2 is 1.90 bits per heavy atom. The quantitative estimate of drug-likeness (QED) is 0.401. The zero-order chi connectivity index (χ0) is 16.4. The molecule has 0 aromatic rings. The molecule has 0 rings (SSSR count). The summed E-state index contributed by atoms with van der Waals surface area (Å²) in [7, 11) is 0. The lowest BCUT2D eigenvalue weighted by atomic mass is 10.1. The summed E-state index contributed by atoms with van der Waals surface area (Å²) in [6, 6.07) is -1.10. The molecule has 7 heteroatoms. The highest BCUT2D eigenvalue weighted by atomic mass is 16.5. The first-order chi connectivity index (χ1) is 9.73. The van der Waals surface area contributed by atoms with Crippen LogP contribution in [0.5, 0.6) is 0 Å². The highest BCUT2D eigenvalue weighted by Crippen LogP contribution is 2.00. The molecule has 0 heterocycles. The maximum absolute atomic E-state index is 11.5. The maximum Gasteiger partial charge on any atom is 0.326 e. The number of hydrogen-bond donors (Lipinski definition) is 3. The topological polar surface area (TPSA) is 105 Å². The van der Waals surface area contributed by atoms with E-state index in [1.807, 2.05) is 13.8 Å². The van der Waals surface area contributed by atoms with Gasteiger partial charge in [0, 0.05) is 18.5 Å². The number of carbonyl (C=O) groups excluding carboxylic acids is 2. The summed E-state index contributed by atoms with van der Waals surface area (Å²) in [6.07, 6.45) is 0.121. The lowest BCUT2D eigenvalue weighted by Crippen LogP contribution is -2.42. The predicted molar refractivity (Wildman–Crippen MR) is 77.7 cm³/mol. The monoisotopic (exact) mass is 300 g/mol. The van der Waals surface area contributed by atoms with Gasteiger partial charge in [0.2, 0.25) is 11.8 Å². The standard InChI is InChI=1S/C14H24N2O5/c1-9(2)13(18)16-11(14(19)20)5-6-12(17)15-7-8-21-10(3)4/h10-11H,1,5-8H2,2-4H3,(H,15,17)(H,16,18)(H,19,20). The van der Waals surface area contributed by atoms with Gasteiger partial charge in [0.1, 0.15) is 6.04 Å². The molecule has 0 radical (unpaired) electrons. The molecule has 120 valence electrons. The summed E-state index contributed by atoms with van der Waals surface area (Å²) in [5.74, 6) is -1.99. The molecule has 0 aromatic carbocycles. The summed E-state index contributed by atoms with van der Waals surface area (Å²) in [5.41, 5.74) is 0.219. The molecule has 1 atom stereocenters. The van der Waals surface area contributed by atoms with Crippen molar-refractivity contribution in [2.45, 2.75) is 45.8 Å². The first-order valence-electron chi connectivity index (χ1n) is 6.81. The van der Waals surface area contributed by atoms with E-state index >= 15 is 0 Å². The van der Waals surface area contributed by atoms with Gasteiger partial charge in [0.05, 0.1) is 12.7 Å². The first kappa shape index (κ1) is 19.1. The minimum atomic E-state index is -1.18. The van der Waals surface area contributed by atoms with Gasteiger partial charge in [-0.05, 0) is 27.2 Å². The highest BCUT2D eigenvalue weighted by Gasteiger charge is 2.21. The smallest absolute Gasteiger partial charge is 0.326 e. The van der Waals surface area contributed by atoms with Crippen LogP contribution < -0.4 is 10.6 Å². The van der Waals surface area contributed by atoms with Gasteiger partial charge in [0.25, 0.3) is 0 Å². The van der Waals surface area contributed by atoms with Crippen LogP contribution in [0, 0.1) is 0 Å². The van der Waals surface area contributed by atoms with Crippen molar-refractivity contribution in [2.75, 3.05) is 13.2 Å². The number of carboxylic acids is 1. The molecule has 0 bridgehead atoms. The Kier molecular flexibility index (Phi) is 9.03. The van der Waals surface area contributed by atoms with Gasteiger partial charge in [-0.1, -0.05) is 6.58 Å². The number of carbonyl (C=O) groups is 3. The average Bonchev–Trinajstić information content (AvgIpc) is 2.38. The summed E-state index contributed by atoms with van der Waals surface area (Å²) >= 11 is 0. The second kappa shape index (κ2) is 9.93. The fourth-order valence-electron chi connectivity index (χ4n) is 1.39. The molecule has 21 heavy (non-hydrogen) atoms. The summed E-state index contributed by atoms with van der Waals surface area (Å²) in [5, 5.41) is 13.9. The second-order valence-corrected chi connectivity index (χ2v) is 4.95. The third-order valence-corrected chi connectivity index (χ3v) is 2.53. The molecule has 1 unspecified atom stereocenters. The Labute approximate surface area is 124 Å². The SMILES string of the molecule is C=C(C)C(=O)NC(CCC(=O)NCCOC(C)C)C(=O)O. The molecule has 0 saturated carbocycles. The van der Waals surface area contributed by atoms with Crippen LogP contribution in [0.4, 0.5) is 0 Å². The van der Waals surface area contributed by atoms with E-state index in [0.29, 0.717) is 13.2 Å². The molecular formula is C14H24N2O5. The van der Waals surface area contributed by atoms with Crippen molar-refractivity contribution in [1.29, 1.82) is 0 Å². The Bertz CT molecular complexity index is 393. The number of aliphatic carboxylic acids is 1. The average molecular weight is 300 g/mol. The predicted octanol–water partition coefficient (Wildman–Crippen LogP) is 0.453. The molecule has 0 aliphatic rings. The van der Waals surface area contributed by atoms with E-state index in [1.165, 1.54) is 6.92 Å². The van der Waals surface area contributed by atoms with Crippen molar-refractivity contribution < 1.29 is 24.2 Å². The minimum absolute atomic E-state index is 0.00904. The van der Waals surface area contributed by atoms with E-state index in [1.54, 1.807) is 0 Å². The van der Waals surface area contributed by atoms with Gasteiger partial charge in [-0.25, -0.2) is 4.79 Å². The Hall–Kier alpha value is -1.89. The van der Waals surface area contributed by atoms with Crippen LogP contribution in [0.15, 0.2) is 12.2 Å². The van der Waals surface area contributed by atoms with Crippen LogP contribution in [0.3, 0.4) is 0 Å². The third kappa shape index (κ3) is 9.61. The van der Waals surface area contributed by atoms with Crippen molar-refractivity contribution in [3.05, 3.63) is 12.2 Å². The van der Waals surface area contributed by atoms with E-state index in [4.69, 9.17) is 9.84 Å². The van der Waals surface area contributed by atoms with E-state index < -0.39 is 17.9 Å². The van der Waals surface area contributed by atoms with E-state index in [9.17, 15) is 14.4 Å². The number of carboxylic acid groups (broad SMARTS) is 1. The summed E-state index contributed by atoms with van der Waals surface area (Å²) in [4.78, 5) is 33.9. The zero-order valence-electron chi connectivity index (χ0n) is 12.8. The minimum Gasteiger partial charge on any atom is -0.480 e. The third-order valence-electron chi connectivity index (χ3n) is 2.53. The van der Waals surface area contributed by atoms with Gasteiger partial charge in [0.15, 0.2) is 0 Å². The number of rotatable bonds is 10. The van der Waals surface area contributed by atoms with Crippen LogP contribution in [0.1, 0.15) is 33.6 Å². The van der Waals surface area contributed by atoms with Gasteiger partial charge < -0.3 is 20.5 Å². The van der Waals surface area contributed by atoms with E-state index in [-0.39, 0.29) is 30.4 Å². The normalized spacial score (nSPS) is 11.8.